The molecule has 0 bridgehead atoms. The summed E-state index contributed by atoms with van der Waals surface area (Å²) in [5, 5.41) is 0. The molecule has 0 aliphatic carbocycles. The number of nitrogens with zero attached hydrogens (tertiary/aromatic N) is 1. The Morgan fingerprint density at radius 2 is 1.67 bits per heavy atom. The summed E-state index contributed by atoms with van der Waals surface area (Å²) in [6.45, 7) is 0.823. The van der Waals surface area contributed by atoms with Gasteiger partial charge in [-0.3, -0.25) is 4.79 Å². The molecule has 0 unspecified atom stereocenters. The van der Waals surface area contributed by atoms with E-state index in [1.54, 1.807) is 21.3 Å². The Morgan fingerprint density at radius 3 is 2.33 bits per heavy atom. The van der Waals surface area contributed by atoms with Crippen LogP contribution in [0.4, 0.5) is 0 Å². The van der Waals surface area contributed by atoms with E-state index in [1.165, 1.54) is 0 Å². The molecule has 4 rings (SSSR count). The van der Waals surface area contributed by atoms with Crippen molar-refractivity contribution in [3.8, 4) is 17.2 Å². The molecule has 0 spiro atoms. The maximum absolute atomic E-state index is 13.7. The topological polar surface area (TPSA) is 48.0 Å². The number of fused-ring (bicyclic) bond motifs is 1. The Morgan fingerprint density at radius 1 is 0.967 bits per heavy atom. The van der Waals surface area contributed by atoms with Crippen LogP contribution in [0.15, 0.2) is 40.9 Å². The van der Waals surface area contributed by atoms with Crippen LogP contribution >= 0.6 is 15.9 Å². The number of halogens is 1. The second kappa shape index (κ2) is 8.72. The van der Waals surface area contributed by atoms with E-state index in [4.69, 9.17) is 14.2 Å². The SMILES string of the molecule is COc1ccc(C2=C(c3cc(OC)c(OC)cc3Br)C[C@H]3CCCCN3C2=O)cc1. The molecule has 1 fully saturated rings. The van der Waals surface area contributed by atoms with E-state index in [0.29, 0.717) is 11.5 Å². The summed E-state index contributed by atoms with van der Waals surface area (Å²) >= 11 is 3.70. The van der Waals surface area contributed by atoms with Gasteiger partial charge in [-0.2, -0.15) is 0 Å². The molecule has 2 heterocycles. The second-order valence-electron chi connectivity index (χ2n) is 7.62. The van der Waals surface area contributed by atoms with Crippen LogP contribution in [0.1, 0.15) is 36.8 Å². The number of hydrogen-bond donors (Lipinski definition) is 0. The highest BCUT2D eigenvalue weighted by atomic mass is 79.9. The highest BCUT2D eigenvalue weighted by Crippen LogP contribution is 2.45. The first-order valence-corrected chi connectivity index (χ1v) is 11.0. The summed E-state index contributed by atoms with van der Waals surface area (Å²) in [5.41, 5.74) is 3.67. The van der Waals surface area contributed by atoms with Crippen molar-refractivity contribution in [1.82, 2.24) is 4.90 Å². The normalized spacial score (nSPS) is 18.9. The first-order valence-electron chi connectivity index (χ1n) is 10.2. The number of piperidine rings is 1. The van der Waals surface area contributed by atoms with Crippen LogP contribution in [0.25, 0.3) is 11.1 Å². The monoisotopic (exact) mass is 471 g/mol. The van der Waals surface area contributed by atoms with E-state index in [0.717, 1.165) is 64.7 Å². The van der Waals surface area contributed by atoms with Gasteiger partial charge in [0.15, 0.2) is 11.5 Å². The number of benzene rings is 2. The van der Waals surface area contributed by atoms with E-state index in [1.807, 2.05) is 36.4 Å². The molecule has 2 aliphatic heterocycles. The van der Waals surface area contributed by atoms with Crippen molar-refractivity contribution >= 4 is 33.0 Å². The lowest BCUT2D eigenvalue weighted by Gasteiger charge is -2.41. The van der Waals surface area contributed by atoms with Gasteiger partial charge in [0.2, 0.25) is 0 Å². The molecule has 0 aromatic heterocycles. The molecule has 2 aromatic carbocycles. The van der Waals surface area contributed by atoms with Crippen LogP contribution in [0.2, 0.25) is 0 Å². The van der Waals surface area contributed by atoms with Crippen molar-refractivity contribution in [2.24, 2.45) is 0 Å². The third kappa shape index (κ3) is 3.69. The van der Waals surface area contributed by atoms with Crippen molar-refractivity contribution < 1.29 is 19.0 Å². The van der Waals surface area contributed by atoms with Gasteiger partial charge in [-0.05, 0) is 66.6 Å². The van der Waals surface area contributed by atoms with Gasteiger partial charge in [-0.1, -0.05) is 28.1 Å². The third-order valence-corrected chi connectivity index (χ3v) is 6.68. The summed E-state index contributed by atoms with van der Waals surface area (Å²) in [5.74, 6) is 2.18. The number of methoxy groups -OCH3 is 3. The quantitative estimate of drug-likeness (QED) is 0.603. The molecule has 1 saturated heterocycles. The first-order chi connectivity index (χ1) is 14.6. The van der Waals surface area contributed by atoms with Gasteiger partial charge in [0.25, 0.3) is 5.91 Å². The summed E-state index contributed by atoms with van der Waals surface area (Å²) in [6, 6.07) is 11.8. The zero-order chi connectivity index (χ0) is 21.3. The first kappa shape index (κ1) is 20.8. The van der Waals surface area contributed by atoms with Gasteiger partial charge >= 0.3 is 0 Å². The zero-order valence-electron chi connectivity index (χ0n) is 17.5. The molecule has 6 heteroatoms. The standard InChI is InChI=1S/C24H26BrNO4/c1-28-17-9-7-15(8-10-17)23-19(12-16-6-4-5-11-26(16)24(23)27)18-13-21(29-2)22(30-3)14-20(18)25/h7-10,13-14,16H,4-6,11-12H2,1-3H3/t16-/m1/s1. The molecule has 1 amide bonds. The largest absolute Gasteiger partial charge is 0.497 e. The Hall–Kier alpha value is -2.47. The van der Waals surface area contributed by atoms with Gasteiger partial charge in [-0.25, -0.2) is 0 Å². The minimum absolute atomic E-state index is 0.104. The molecule has 0 N–H and O–H groups in total. The van der Waals surface area contributed by atoms with Crippen LogP contribution in [-0.2, 0) is 4.79 Å². The number of ether oxygens (including phenoxy) is 3. The van der Waals surface area contributed by atoms with Crippen molar-refractivity contribution in [3.63, 3.8) is 0 Å². The molecule has 158 valence electrons. The number of carbonyl (C=O) groups is 1. The van der Waals surface area contributed by atoms with E-state index < -0.39 is 0 Å². The lowest BCUT2D eigenvalue weighted by molar-refractivity contribution is -0.128. The lowest BCUT2D eigenvalue weighted by atomic mass is 9.82. The minimum atomic E-state index is 0.104. The van der Waals surface area contributed by atoms with Crippen LogP contribution in [0, 0.1) is 0 Å². The molecule has 5 nitrogen and oxygen atoms in total. The Balaban J connectivity index is 1.92. The molecule has 2 aliphatic rings. The lowest BCUT2D eigenvalue weighted by Crippen LogP contribution is -2.47. The highest BCUT2D eigenvalue weighted by molar-refractivity contribution is 9.10. The Bertz CT molecular complexity index is 983. The Labute approximate surface area is 185 Å². The summed E-state index contributed by atoms with van der Waals surface area (Å²) < 4.78 is 17.2. The van der Waals surface area contributed by atoms with Gasteiger partial charge < -0.3 is 19.1 Å². The molecule has 2 aromatic rings. The van der Waals surface area contributed by atoms with E-state index in [-0.39, 0.29) is 11.9 Å². The van der Waals surface area contributed by atoms with Crippen LogP contribution < -0.4 is 14.2 Å². The molecular weight excluding hydrogens is 446 g/mol. The predicted molar refractivity (Wildman–Crippen MR) is 121 cm³/mol. The fourth-order valence-corrected chi connectivity index (χ4v) is 5.04. The van der Waals surface area contributed by atoms with Crippen molar-refractivity contribution in [1.29, 1.82) is 0 Å². The van der Waals surface area contributed by atoms with Crippen LogP contribution in [0.3, 0.4) is 0 Å². The molecular formula is C24H26BrNO4. The maximum atomic E-state index is 13.7. The third-order valence-electron chi connectivity index (χ3n) is 6.02. The minimum Gasteiger partial charge on any atom is -0.497 e. The van der Waals surface area contributed by atoms with E-state index >= 15 is 0 Å². The smallest absolute Gasteiger partial charge is 0.255 e. The fraction of sp³-hybridized carbons (Fsp3) is 0.375. The number of carbonyl (C=O) groups excluding carboxylic acids is 1. The van der Waals surface area contributed by atoms with Gasteiger partial charge in [-0.15, -0.1) is 0 Å². The Kier molecular flexibility index (Phi) is 6.04. The maximum Gasteiger partial charge on any atom is 0.255 e. The number of amides is 1. The van der Waals surface area contributed by atoms with E-state index in [9.17, 15) is 4.79 Å². The van der Waals surface area contributed by atoms with Crippen LogP contribution in [-0.4, -0.2) is 44.7 Å². The zero-order valence-corrected chi connectivity index (χ0v) is 19.1. The van der Waals surface area contributed by atoms with E-state index in [2.05, 4.69) is 20.8 Å². The number of hydrogen-bond acceptors (Lipinski definition) is 4. The van der Waals surface area contributed by atoms with Crippen molar-refractivity contribution in [2.75, 3.05) is 27.9 Å². The summed E-state index contributed by atoms with van der Waals surface area (Å²) in [6.07, 6.45) is 4.08. The predicted octanol–water partition coefficient (Wildman–Crippen LogP) is 5.17. The molecule has 0 saturated carbocycles. The fourth-order valence-electron chi connectivity index (χ4n) is 4.48. The highest BCUT2D eigenvalue weighted by Gasteiger charge is 2.37. The van der Waals surface area contributed by atoms with Crippen molar-refractivity contribution in [2.45, 2.75) is 31.7 Å². The van der Waals surface area contributed by atoms with Gasteiger partial charge in [0, 0.05) is 17.1 Å². The summed E-state index contributed by atoms with van der Waals surface area (Å²) in [4.78, 5) is 15.7. The van der Waals surface area contributed by atoms with Gasteiger partial charge in [0.1, 0.15) is 5.75 Å². The van der Waals surface area contributed by atoms with Crippen LogP contribution in [0.5, 0.6) is 17.2 Å². The average molecular weight is 472 g/mol. The molecule has 0 radical (unpaired) electrons. The second-order valence-corrected chi connectivity index (χ2v) is 8.48. The molecule has 30 heavy (non-hydrogen) atoms. The summed E-state index contributed by atoms with van der Waals surface area (Å²) in [7, 11) is 4.89. The number of rotatable bonds is 5. The molecule has 1 atom stereocenters. The average Bonchev–Trinajstić information content (AvgIpc) is 2.79. The van der Waals surface area contributed by atoms with Gasteiger partial charge in [0.05, 0.1) is 26.9 Å². The van der Waals surface area contributed by atoms with Crippen molar-refractivity contribution in [3.05, 3.63) is 52.0 Å².